The van der Waals surface area contributed by atoms with Crippen LogP contribution in [0.4, 0.5) is 5.69 Å². The Morgan fingerprint density at radius 1 is 1.00 bits per heavy atom. The van der Waals surface area contributed by atoms with E-state index < -0.39 is 20.9 Å². The molecule has 0 saturated carbocycles. The van der Waals surface area contributed by atoms with Crippen LogP contribution >= 0.6 is 0 Å². The van der Waals surface area contributed by atoms with Crippen molar-refractivity contribution in [3.05, 3.63) is 83.9 Å². The molecule has 0 heterocycles. The summed E-state index contributed by atoms with van der Waals surface area (Å²) in [4.78, 5) is 10.8. The Hall–Kier alpha value is -3.40. The Kier molecular flexibility index (Phi) is 10.5. The molecule has 0 saturated heterocycles. The zero-order valence-electron chi connectivity index (χ0n) is 21.2. The molecule has 0 bridgehead atoms. The molecule has 3 aromatic rings. The summed E-state index contributed by atoms with van der Waals surface area (Å²) >= 11 is 0. The van der Waals surface area contributed by atoms with Gasteiger partial charge in [0.15, 0.2) is 5.75 Å². The fourth-order valence-electron chi connectivity index (χ4n) is 3.31. The normalized spacial score (nSPS) is 11.2. The number of para-hydroxylation sites is 1. The maximum atomic E-state index is 12.0. The first-order chi connectivity index (χ1) is 16.9. The summed E-state index contributed by atoms with van der Waals surface area (Å²) in [5.74, 6) is -1.16. The van der Waals surface area contributed by atoms with Crippen molar-refractivity contribution >= 4 is 21.7 Å². The van der Waals surface area contributed by atoms with Crippen LogP contribution in [0.3, 0.4) is 0 Å². The van der Waals surface area contributed by atoms with Gasteiger partial charge in [-0.05, 0) is 30.7 Å². The number of anilines is 1. The van der Waals surface area contributed by atoms with Gasteiger partial charge in [-0.15, -0.1) is 0 Å². The number of carbonyl (C=O) groups is 1. The summed E-state index contributed by atoms with van der Waals surface area (Å²) in [5, 5.41) is 19.5. The minimum absolute atomic E-state index is 0.0465. The number of carboxylic acid groups (broad SMARTS) is 1. The van der Waals surface area contributed by atoms with Gasteiger partial charge in [0.25, 0.3) is 0 Å². The van der Waals surface area contributed by atoms with Crippen LogP contribution in [-0.2, 0) is 16.6 Å². The maximum Gasteiger partial charge on any atom is 0.241 e. The lowest BCUT2D eigenvalue weighted by atomic mass is 10.1. The molecule has 0 aromatic heterocycles. The molecule has 0 atom stereocenters. The Balaban J connectivity index is 0.000000346. The minimum atomic E-state index is -4.22. The van der Waals surface area contributed by atoms with Crippen molar-refractivity contribution in [2.24, 2.45) is 5.14 Å². The lowest BCUT2D eigenvalue weighted by molar-refractivity contribution is -0.884. The third-order valence-corrected chi connectivity index (χ3v) is 5.82. The van der Waals surface area contributed by atoms with E-state index in [2.05, 4.69) is 56.8 Å². The fraction of sp³-hybridized carbons (Fsp3) is 0.296. The highest BCUT2D eigenvalue weighted by Gasteiger charge is 2.22. The number of carboxylic acids is 1. The lowest BCUT2D eigenvalue weighted by Crippen LogP contribution is -2.33. The zero-order valence-corrected chi connectivity index (χ0v) is 22.0. The molecule has 9 heteroatoms. The number of hydrogen-bond acceptors (Lipinski definition) is 6. The highest BCUT2D eigenvalue weighted by atomic mass is 32.2. The van der Waals surface area contributed by atoms with E-state index >= 15 is 0 Å². The van der Waals surface area contributed by atoms with Crippen LogP contribution in [0.15, 0.2) is 77.7 Å². The number of sulfonamides is 1. The molecule has 0 spiro atoms. The Bertz CT molecular complexity index is 1230. The van der Waals surface area contributed by atoms with Crippen LogP contribution in [0, 0.1) is 0 Å². The number of ether oxygens (including phenoxy) is 1. The first-order valence-electron chi connectivity index (χ1n) is 11.6. The highest BCUT2D eigenvalue weighted by molar-refractivity contribution is 7.89. The van der Waals surface area contributed by atoms with Crippen LogP contribution in [0.2, 0.25) is 0 Å². The fourth-order valence-corrected chi connectivity index (χ4v) is 4.01. The number of primary sulfonamides is 1. The van der Waals surface area contributed by atoms with Gasteiger partial charge in [-0.1, -0.05) is 61.9 Å². The molecule has 3 N–H and O–H groups in total. The van der Waals surface area contributed by atoms with Gasteiger partial charge in [0.1, 0.15) is 17.2 Å². The number of nitrogens with two attached hydrogens (primary N) is 1. The first kappa shape index (κ1) is 28.8. The molecule has 36 heavy (non-hydrogen) atoms. The molecule has 194 valence electrons. The second-order valence-electron chi connectivity index (χ2n) is 9.31. The average molecular weight is 514 g/mol. The number of quaternary nitrogens is 1. The largest absolute Gasteiger partial charge is 0.545 e. The van der Waals surface area contributed by atoms with Crippen molar-refractivity contribution in [3.8, 4) is 11.5 Å². The third kappa shape index (κ3) is 9.69. The van der Waals surface area contributed by atoms with Gasteiger partial charge < -0.3 is 24.4 Å². The van der Waals surface area contributed by atoms with Gasteiger partial charge in [-0.25, -0.2) is 13.6 Å². The topological polar surface area (TPSA) is 122 Å². The number of aromatic carboxylic acids is 1. The van der Waals surface area contributed by atoms with Gasteiger partial charge in [0, 0.05) is 17.7 Å². The molecule has 8 nitrogen and oxygen atoms in total. The van der Waals surface area contributed by atoms with Gasteiger partial charge >= 0.3 is 0 Å². The molecule has 0 aliphatic heterocycles. The van der Waals surface area contributed by atoms with Crippen molar-refractivity contribution in [2.75, 3.05) is 33.0 Å². The molecular weight excluding hydrogens is 478 g/mol. The smallest absolute Gasteiger partial charge is 0.241 e. The average Bonchev–Trinajstić information content (AvgIpc) is 2.80. The molecule has 0 aliphatic rings. The van der Waals surface area contributed by atoms with Crippen molar-refractivity contribution in [1.29, 1.82) is 0 Å². The van der Waals surface area contributed by atoms with Crippen molar-refractivity contribution < 1.29 is 27.5 Å². The molecule has 3 aromatic carbocycles. The SMILES string of the molecule is CCCCNc1cc(C(=O)[O-])cc(S(N)(=O)=O)c1Oc1ccccc1.C[N+](C)(C)Cc1ccccc1. The highest BCUT2D eigenvalue weighted by Crippen LogP contribution is 2.37. The Morgan fingerprint density at radius 2 is 1.58 bits per heavy atom. The summed E-state index contributed by atoms with van der Waals surface area (Å²) < 4.78 is 30.6. The molecule has 0 aliphatic carbocycles. The summed E-state index contributed by atoms with van der Waals surface area (Å²) in [7, 11) is 2.39. The predicted octanol–water partition coefficient (Wildman–Crippen LogP) is 3.59. The summed E-state index contributed by atoms with van der Waals surface area (Å²) in [6, 6.07) is 21.3. The second kappa shape index (κ2) is 13.1. The van der Waals surface area contributed by atoms with E-state index in [1.165, 1.54) is 11.6 Å². The zero-order chi connectivity index (χ0) is 26.8. The number of hydrogen-bond donors (Lipinski definition) is 2. The van der Waals surface area contributed by atoms with E-state index in [9.17, 15) is 18.3 Å². The monoisotopic (exact) mass is 513 g/mol. The van der Waals surface area contributed by atoms with E-state index in [1.54, 1.807) is 30.3 Å². The van der Waals surface area contributed by atoms with Gasteiger partial charge in [-0.3, -0.25) is 0 Å². The van der Waals surface area contributed by atoms with Gasteiger partial charge in [0.2, 0.25) is 10.0 Å². The summed E-state index contributed by atoms with van der Waals surface area (Å²) in [6.07, 6.45) is 1.72. The van der Waals surface area contributed by atoms with Crippen LogP contribution < -0.4 is 20.3 Å². The molecule has 0 unspecified atom stereocenters. The number of nitrogens with one attached hydrogen (secondary N) is 1. The summed E-state index contributed by atoms with van der Waals surface area (Å²) in [5.41, 5.74) is 1.33. The lowest BCUT2D eigenvalue weighted by Gasteiger charge is -2.23. The second-order valence-corrected chi connectivity index (χ2v) is 10.8. The molecule has 3 rings (SSSR count). The van der Waals surface area contributed by atoms with E-state index in [0.717, 1.165) is 29.9 Å². The third-order valence-electron chi connectivity index (χ3n) is 4.91. The van der Waals surface area contributed by atoms with Gasteiger partial charge in [0.05, 0.1) is 32.8 Å². The molecule has 0 radical (unpaired) electrons. The van der Waals surface area contributed by atoms with Crippen molar-refractivity contribution in [2.45, 2.75) is 31.2 Å². The van der Waals surface area contributed by atoms with Crippen LogP contribution in [0.25, 0.3) is 0 Å². The number of benzene rings is 3. The van der Waals surface area contributed by atoms with E-state index in [-0.39, 0.29) is 17.0 Å². The van der Waals surface area contributed by atoms with Crippen molar-refractivity contribution in [3.63, 3.8) is 0 Å². The number of carbonyl (C=O) groups excluding carboxylic acids is 1. The number of rotatable bonds is 10. The predicted molar refractivity (Wildman–Crippen MR) is 140 cm³/mol. The van der Waals surface area contributed by atoms with E-state index in [4.69, 9.17) is 9.88 Å². The van der Waals surface area contributed by atoms with E-state index in [0.29, 0.717) is 12.3 Å². The number of unbranched alkanes of at least 4 members (excludes halogenated alkanes) is 1. The standard InChI is InChI=1S/C17H20N2O5S.C10H16N/c1-2-3-9-19-14-10-12(17(20)21)11-15(25(18,22)23)16(14)24-13-7-5-4-6-8-13;1-11(2,3)9-10-7-5-4-6-8-10/h4-8,10-11,19H,2-3,9H2,1H3,(H,20,21)(H2,18,22,23);4-8H,9H2,1-3H3/q;+1/p-1. The van der Waals surface area contributed by atoms with Gasteiger partial charge in [-0.2, -0.15) is 0 Å². The van der Waals surface area contributed by atoms with Crippen molar-refractivity contribution in [1.82, 2.24) is 0 Å². The summed E-state index contributed by atoms with van der Waals surface area (Å²) in [6.45, 7) is 3.61. The van der Waals surface area contributed by atoms with E-state index in [1.807, 2.05) is 6.92 Å². The Morgan fingerprint density at radius 3 is 2.08 bits per heavy atom. The molecular formula is C27H35N3O5S. The van der Waals surface area contributed by atoms with Crippen LogP contribution in [0.5, 0.6) is 11.5 Å². The molecule has 0 fully saturated rings. The minimum Gasteiger partial charge on any atom is -0.545 e. The first-order valence-corrected chi connectivity index (χ1v) is 13.2. The van der Waals surface area contributed by atoms with Crippen LogP contribution in [0.1, 0.15) is 35.7 Å². The quantitative estimate of drug-likeness (QED) is 0.316. The maximum absolute atomic E-state index is 12.0. The Labute approximate surface area is 214 Å². The van der Waals surface area contributed by atoms with Crippen LogP contribution in [-0.4, -0.2) is 46.6 Å². The number of nitrogens with zero attached hydrogens (tertiary/aromatic N) is 1. The molecule has 0 amide bonds.